The van der Waals surface area contributed by atoms with E-state index in [0.717, 1.165) is 0 Å². The molecule has 1 unspecified atom stereocenters. The average Bonchev–Trinajstić information content (AvgIpc) is 2.54. The van der Waals surface area contributed by atoms with Gasteiger partial charge in [0.2, 0.25) is 5.91 Å². The van der Waals surface area contributed by atoms with Crippen molar-refractivity contribution < 1.29 is 14.3 Å². The van der Waals surface area contributed by atoms with Crippen LogP contribution in [0.1, 0.15) is 6.92 Å². The van der Waals surface area contributed by atoms with Gasteiger partial charge in [0.05, 0.1) is 19.5 Å². The number of anilines is 1. The second-order valence-corrected chi connectivity index (χ2v) is 5.89. The summed E-state index contributed by atoms with van der Waals surface area (Å²) >= 11 is 1.17. The third kappa shape index (κ3) is 4.49. The maximum absolute atomic E-state index is 12.2. The van der Waals surface area contributed by atoms with Crippen molar-refractivity contribution in [1.29, 1.82) is 0 Å². The van der Waals surface area contributed by atoms with Crippen LogP contribution in [0.5, 0.6) is 11.5 Å². The lowest BCUT2D eigenvalue weighted by molar-refractivity contribution is -0.115. The zero-order valence-corrected chi connectivity index (χ0v) is 13.8. The Balaban J connectivity index is 2.04. The first kappa shape index (κ1) is 16.9. The second kappa shape index (κ2) is 7.68. The zero-order valence-electron chi connectivity index (χ0n) is 13.0. The molecule has 8 heteroatoms. The highest BCUT2D eigenvalue weighted by molar-refractivity contribution is 8.00. The quantitative estimate of drug-likeness (QED) is 0.619. The number of hydrogen-bond acceptors (Lipinski definition) is 6. The van der Waals surface area contributed by atoms with Crippen molar-refractivity contribution in [3.63, 3.8) is 0 Å². The molecule has 2 N–H and O–H groups in total. The molecule has 1 atom stereocenters. The number of carbonyl (C=O) groups excluding carboxylic acids is 1. The Morgan fingerprint density at radius 1 is 1.26 bits per heavy atom. The Labute approximate surface area is 137 Å². The monoisotopic (exact) mass is 335 g/mol. The predicted octanol–water partition coefficient (Wildman–Crippen LogP) is 1.91. The van der Waals surface area contributed by atoms with Crippen molar-refractivity contribution in [3.8, 4) is 11.5 Å². The molecule has 0 aliphatic rings. The molecule has 0 radical (unpaired) electrons. The third-order valence-corrected chi connectivity index (χ3v) is 3.95. The number of H-pyrrole nitrogens is 1. The van der Waals surface area contributed by atoms with Crippen LogP contribution in [0.3, 0.4) is 0 Å². The summed E-state index contributed by atoms with van der Waals surface area (Å²) in [6, 6.07) is 6.43. The fourth-order valence-electron chi connectivity index (χ4n) is 1.79. The molecule has 23 heavy (non-hydrogen) atoms. The van der Waals surface area contributed by atoms with Crippen molar-refractivity contribution in [3.05, 3.63) is 40.8 Å². The van der Waals surface area contributed by atoms with E-state index in [1.807, 2.05) is 0 Å². The van der Waals surface area contributed by atoms with E-state index in [1.54, 1.807) is 32.2 Å². The maximum atomic E-state index is 12.2. The van der Waals surface area contributed by atoms with Crippen LogP contribution in [0.25, 0.3) is 0 Å². The predicted molar refractivity (Wildman–Crippen MR) is 88.4 cm³/mol. The zero-order chi connectivity index (χ0) is 16.8. The van der Waals surface area contributed by atoms with Crippen molar-refractivity contribution >= 4 is 23.4 Å². The molecule has 2 aromatic rings. The number of hydrogen-bond donors (Lipinski definition) is 2. The summed E-state index contributed by atoms with van der Waals surface area (Å²) in [5, 5.41) is 2.75. The van der Waals surface area contributed by atoms with E-state index < -0.39 is 5.25 Å². The smallest absolute Gasteiger partial charge is 0.251 e. The number of ether oxygens (including phenoxy) is 2. The number of rotatable bonds is 6. The van der Waals surface area contributed by atoms with E-state index in [-0.39, 0.29) is 11.5 Å². The molecule has 0 bridgehead atoms. The number of carbonyl (C=O) groups is 1. The second-order valence-electron chi connectivity index (χ2n) is 4.56. The number of aromatic nitrogens is 2. The van der Waals surface area contributed by atoms with Gasteiger partial charge < -0.3 is 19.8 Å². The van der Waals surface area contributed by atoms with Crippen LogP contribution in [0.4, 0.5) is 5.69 Å². The number of benzene rings is 1. The van der Waals surface area contributed by atoms with Crippen LogP contribution < -0.4 is 20.3 Å². The van der Waals surface area contributed by atoms with E-state index in [1.165, 1.54) is 31.1 Å². The molecule has 1 heterocycles. The van der Waals surface area contributed by atoms with Crippen molar-refractivity contribution in [1.82, 2.24) is 9.97 Å². The molecule has 0 aliphatic carbocycles. The largest absolute Gasteiger partial charge is 0.493 e. The van der Waals surface area contributed by atoms with Gasteiger partial charge in [-0.15, -0.1) is 0 Å². The minimum atomic E-state index is -0.436. The van der Waals surface area contributed by atoms with E-state index >= 15 is 0 Å². The standard InChI is InChI=1S/C15H17N3O4S/c1-9(23-15-16-7-6-13(19)18-15)14(20)17-10-4-5-11(21-2)12(8-10)22-3/h4-9H,1-3H3,(H,17,20)(H,16,18,19). The van der Waals surface area contributed by atoms with E-state index in [4.69, 9.17) is 9.47 Å². The van der Waals surface area contributed by atoms with Gasteiger partial charge in [-0.3, -0.25) is 9.59 Å². The van der Waals surface area contributed by atoms with Crippen LogP contribution in [0.15, 0.2) is 40.4 Å². The summed E-state index contributed by atoms with van der Waals surface area (Å²) < 4.78 is 10.3. The number of methoxy groups -OCH3 is 2. The van der Waals surface area contributed by atoms with Crippen molar-refractivity contribution in [2.45, 2.75) is 17.3 Å². The van der Waals surface area contributed by atoms with Crippen LogP contribution in [-0.2, 0) is 4.79 Å². The summed E-state index contributed by atoms with van der Waals surface area (Å²) in [5.41, 5.74) is 0.338. The van der Waals surface area contributed by atoms with Crippen molar-refractivity contribution in [2.24, 2.45) is 0 Å². The first-order chi connectivity index (χ1) is 11.0. The molecular formula is C15H17N3O4S. The Morgan fingerprint density at radius 2 is 2.00 bits per heavy atom. The molecule has 0 spiro atoms. The lowest BCUT2D eigenvalue weighted by Gasteiger charge is -2.13. The molecule has 0 saturated heterocycles. The van der Waals surface area contributed by atoms with Gasteiger partial charge in [0.15, 0.2) is 16.7 Å². The normalized spacial score (nSPS) is 11.6. The van der Waals surface area contributed by atoms with Crippen LogP contribution in [-0.4, -0.2) is 35.3 Å². The van der Waals surface area contributed by atoms with Crippen LogP contribution in [0, 0.1) is 0 Å². The highest BCUT2D eigenvalue weighted by atomic mass is 32.2. The molecule has 0 aliphatic heterocycles. The number of nitrogens with zero attached hydrogens (tertiary/aromatic N) is 1. The Bertz CT molecular complexity index is 747. The molecule has 1 aromatic carbocycles. The van der Waals surface area contributed by atoms with Gasteiger partial charge >= 0.3 is 0 Å². The molecule has 122 valence electrons. The molecule has 2 rings (SSSR count). The maximum Gasteiger partial charge on any atom is 0.251 e. The Morgan fingerprint density at radius 3 is 2.65 bits per heavy atom. The summed E-state index contributed by atoms with van der Waals surface area (Å²) in [6.45, 7) is 1.73. The van der Waals surface area contributed by atoms with Gasteiger partial charge in [-0.2, -0.15) is 0 Å². The lowest BCUT2D eigenvalue weighted by Crippen LogP contribution is -2.23. The first-order valence-corrected chi connectivity index (χ1v) is 7.66. The number of thioether (sulfide) groups is 1. The van der Waals surface area contributed by atoms with Crippen LogP contribution in [0.2, 0.25) is 0 Å². The molecule has 7 nitrogen and oxygen atoms in total. The Hall–Kier alpha value is -2.48. The molecular weight excluding hydrogens is 318 g/mol. The minimum absolute atomic E-state index is 0.214. The summed E-state index contributed by atoms with van der Waals surface area (Å²) in [5.74, 6) is 0.896. The molecule has 1 amide bonds. The lowest BCUT2D eigenvalue weighted by atomic mass is 10.2. The van der Waals surface area contributed by atoms with E-state index in [0.29, 0.717) is 22.3 Å². The molecule has 1 aromatic heterocycles. The van der Waals surface area contributed by atoms with Gasteiger partial charge in [-0.25, -0.2) is 4.98 Å². The highest BCUT2D eigenvalue weighted by Crippen LogP contribution is 2.30. The number of nitrogens with one attached hydrogen (secondary N) is 2. The SMILES string of the molecule is COc1ccc(NC(=O)C(C)Sc2nccc(=O)[nH]2)cc1OC. The fraction of sp³-hybridized carbons (Fsp3) is 0.267. The number of amides is 1. The summed E-state index contributed by atoms with van der Waals surface area (Å²) in [4.78, 5) is 30.0. The molecule has 0 fully saturated rings. The van der Waals surface area contributed by atoms with Crippen LogP contribution >= 0.6 is 11.8 Å². The number of aromatic amines is 1. The van der Waals surface area contributed by atoms with Gasteiger partial charge in [0.1, 0.15) is 0 Å². The average molecular weight is 335 g/mol. The fourth-order valence-corrected chi connectivity index (χ4v) is 2.57. The van der Waals surface area contributed by atoms with Gasteiger partial charge in [-0.1, -0.05) is 11.8 Å². The van der Waals surface area contributed by atoms with E-state index in [2.05, 4.69) is 15.3 Å². The third-order valence-electron chi connectivity index (χ3n) is 2.96. The van der Waals surface area contributed by atoms with Crippen molar-refractivity contribution in [2.75, 3.05) is 19.5 Å². The molecule has 0 saturated carbocycles. The van der Waals surface area contributed by atoms with Gasteiger partial charge in [0.25, 0.3) is 5.56 Å². The topological polar surface area (TPSA) is 93.3 Å². The summed E-state index contributed by atoms with van der Waals surface area (Å²) in [6.07, 6.45) is 1.40. The minimum Gasteiger partial charge on any atom is -0.493 e. The van der Waals surface area contributed by atoms with Gasteiger partial charge in [0, 0.05) is 24.0 Å². The highest BCUT2D eigenvalue weighted by Gasteiger charge is 2.16. The Kier molecular flexibility index (Phi) is 5.64. The van der Waals surface area contributed by atoms with E-state index in [9.17, 15) is 9.59 Å². The first-order valence-electron chi connectivity index (χ1n) is 6.78. The van der Waals surface area contributed by atoms with Gasteiger partial charge in [-0.05, 0) is 19.1 Å². The summed E-state index contributed by atoms with van der Waals surface area (Å²) in [7, 11) is 3.07.